The van der Waals surface area contributed by atoms with Crippen LogP contribution in [0.25, 0.3) is 5.65 Å². The number of aromatic nitrogens is 3. The molecule has 0 bridgehead atoms. The Morgan fingerprint density at radius 1 is 1.00 bits per heavy atom. The van der Waals surface area contributed by atoms with Gasteiger partial charge < -0.3 is 14.2 Å². The highest BCUT2D eigenvalue weighted by molar-refractivity contribution is 5.58. The van der Waals surface area contributed by atoms with Crippen molar-refractivity contribution in [2.75, 3.05) is 36.0 Å². The lowest BCUT2D eigenvalue weighted by atomic mass is 10.2. The number of nitrogens with zero attached hydrogens (tertiary/aromatic N) is 6. The Labute approximate surface area is 152 Å². The molecule has 0 spiro atoms. The standard InChI is InChI=1S/C20H20N6/c21-12-17-19(2-1-7-22-17)25-10-8-24(9-11-25)16-5-6-20-23-18(15-3-4-15)14-26(20)13-16/h1-2,5-7,13-15H,3-4,8-11H2. The fourth-order valence-electron chi connectivity index (χ4n) is 3.71. The summed E-state index contributed by atoms with van der Waals surface area (Å²) in [4.78, 5) is 13.6. The van der Waals surface area contributed by atoms with Crippen LogP contribution in [0.4, 0.5) is 11.4 Å². The van der Waals surface area contributed by atoms with E-state index in [0.717, 1.165) is 37.5 Å². The number of fused-ring (bicyclic) bond motifs is 1. The van der Waals surface area contributed by atoms with Crippen molar-refractivity contribution in [1.29, 1.82) is 5.26 Å². The number of anilines is 2. The SMILES string of the molecule is N#Cc1ncccc1N1CCN(c2ccc3nc(C4CC4)cn3c2)CC1. The van der Waals surface area contributed by atoms with E-state index in [0.29, 0.717) is 11.6 Å². The highest BCUT2D eigenvalue weighted by Gasteiger charge is 2.26. The third-order valence-corrected chi connectivity index (χ3v) is 5.33. The van der Waals surface area contributed by atoms with Gasteiger partial charge in [0.2, 0.25) is 0 Å². The van der Waals surface area contributed by atoms with Gasteiger partial charge in [-0.2, -0.15) is 5.26 Å². The van der Waals surface area contributed by atoms with Crippen molar-refractivity contribution in [2.24, 2.45) is 0 Å². The maximum absolute atomic E-state index is 9.27. The molecule has 0 N–H and O–H groups in total. The van der Waals surface area contributed by atoms with Crippen molar-refractivity contribution in [3.63, 3.8) is 0 Å². The van der Waals surface area contributed by atoms with Gasteiger partial charge in [-0.25, -0.2) is 9.97 Å². The van der Waals surface area contributed by atoms with Gasteiger partial charge in [0.1, 0.15) is 11.7 Å². The molecule has 0 amide bonds. The van der Waals surface area contributed by atoms with E-state index >= 15 is 0 Å². The van der Waals surface area contributed by atoms with E-state index in [1.54, 1.807) is 6.20 Å². The van der Waals surface area contributed by atoms with Gasteiger partial charge in [0.15, 0.2) is 5.69 Å². The molecule has 6 heteroatoms. The van der Waals surface area contributed by atoms with Gasteiger partial charge in [0, 0.05) is 50.7 Å². The summed E-state index contributed by atoms with van der Waals surface area (Å²) in [7, 11) is 0. The summed E-state index contributed by atoms with van der Waals surface area (Å²) < 4.78 is 2.16. The van der Waals surface area contributed by atoms with Crippen LogP contribution in [0.1, 0.15) is 30.1 Å². The molecule has 2 fully saturated rings. The lowest BCUT2D eigenvalue weighted by Crippen LogP contribution is -2.46. The minimum Gasteiger partial charge on any atom is -0.367 e. The average molecular weight is 344 g/mol. The Morgan fingerprint density at radius 3 is 2.58 bits per heavy atom. The minimum atomic E-state index is 0.508. The van der Waals surface area contributed by atoms with Gasteiger partial charge in [0.25, 0.3) is 0 Å². The zero-order chi connectivity index (χ0) is 17.5. The summed E-state index contributed by atoms with van der Waals surface area (Å²) in [5.41, 5.74) is 4.93. The molecule has 2 aliphatic rings. The molecule has 0 aromatic carbocycles. The first-order valence-electron chi connectivity index (χ1n) is 9.15. The highest BCUT2D eigenvalue weighted by atomic mass is 15.3. The van der Waals surface area contributed by atoms with E-state index in [9.17, 15) is 5.26 Å². The maximum Gasteiger partial charge on any atom is 0.163 e. The van der Waals surface area contributed by atoms with Crippen LogP contribution in [-0.2, 0) is 0 Å². The molecule has 0 radical (unpaired) electrons. The van der Waals surface area contributed by atoms with Gasteiger partial charge in [-0.1, -0.05) is 0 Å². The van der Waals surface area contributed by atoms with Crippen LogP contribution in [0.3, 0.4) is 0 Å². The zero-order valence-electron chi connectivity index (χ0n) is 14.5. The van der Waals surface area contributed by atoms with E-state index in [2.05, 4.69) is 49.8 Å². The third kappa shape index (κ3) is 2.66. The van der Waals surface area contributed by atoms with Crippen molar-refractivity contribution in [1.82, 2.24) is 14.4 Å². The van der Waals surface area contributed by atoms with Crippen LogP contribution in [0, 0.1) is 11.3 Å². The second-order valence-electron chi connectivity index (χ2n) is 7.05. The highest BCUT2D eigenvalue weighted by Crippen LogP contribution is 2.39. The van der Waals surface area contributed by atoms with Gasteiger partial charge >= 0.3 is 0 Å². The van der Waals surface area contributed by atoms with E-state index in [-0.39, 0.29) is 0 Å². The Bertz CT molecular complexity index is 989. The second kappa shape index (κ2) is 6.03. The summed E-state index contributed by atoms with van der Waals surface area (Å²) in [6.45, 7) is 3.62. The molecule has 1 aliphatic heterocycles. The van der Waals surface area contributed by atoms with Crippen LogP contribution >= 0.6 is 0 Å². The van der Waals surface area contributed by atoms with Crippen molar-refractivity contribution < 1.29 is 0 Å². The fourth-order valence-corrected chi connectivity index (χ4v) is 3.71. The number of piperazine rings is 1. The first kappa shape index (κ1) is 15.2. The molecule has 3 aromatic heterocycles. The zero-order valence-corrected chi connectivity index (χ0v) is 14.5. The topological polar surface area (TPSA) is 60.5 Å². The molecule has 6 nitrogen and oxygen atoms in total. The molecule has 1 saturated carbocycles. The summed E-state index contributed by atoms with van der Waals surface area (Å²) in [5, 5.41) is 9.27. The van der Waals surface area contributed by atoms with Crippen LogP contribution < -0.4 is 9.80 Å². The average Bonchev–Trinajstić information content (AvgIpc) is 3.47. The molecule has 1 aliphatic carbocycles. The Hall–Kier alpha value is -3.07. The molecule has 1 saturated heterocycles. The molecule has 130 valence electrons. The molecule has 0 unspecified atom stereocenters. The van der Waals surface area contributed by atoms with Crippen molar-refractivity contribution >= 4 is 17.0 Å². The van der Waals surface area contributed by atoms with Crippen molar-refractivity contribution in [2.45, 2.75) is 18.8 Å². The normalized spacial score (nSPS) is 17.5. The Kier molecular flexibility index (Phi) is 3.52. The molecule has 4 heterocycles. The number of nitriles is 1. The van der Waals surface area contributed by atoms with E-state index < -0.39 is 0 Å². The van der Waals surface area contributed by atoms with Gasteiger partial charge in [-0.15, -0.1) is 0 Å². The number of imidazole rings is 1. The second-order valence-corrected chi connectivity index (χ2v) is 7.05. The first-order valence-corrected chi connectivity index (χ1v) is 9.15. The van der Waals surface area contributed by atoms with Crippen LogP contribution in [0.5, 0.6) is 0 Å². The van der Waals surface area contributed by atoms with Crippen LogP contribution in [-0.4, -0.2) is 40.5 Å². The van der Waals surface area contributed by atoms with E-state index in [1.807, 2.05) is 12.1 Å². The third-order valence-electron chi connectivity index (χ3n) is 5.33. The van der Waals surface area contributed by atoms with E-state index in [4.69, 9.17) is 4.98 Å². The number of hydrogen-bond donors (Lipinski definition) is 0. The van der Waals surface area contributed by atoms with Crippen LogP contribution in [0.2, 0.25) is 0 Å². The van der Waals surface area contributed by atoms with Gasteiger partial charge in [0.05, 0.1) is 17.1 Å². The predicted octanol–water partition coefficient (Wildman–Crippen LogP) is 2.80. The molecular weight excluding hydrogens is 324 g/mol. The lowest BCUT2D eigenvalue weighted by Gasteiger charge is -2.37. The monoisotopic (exact) mass is 344 g/mol. The predicted molar refractivity (Wildman–Crippen MR) is 101 cm³/mol. The Balaban J connectivity index is 1.33. The molecule has 26 heavy (non-hydrogen) atoms. The summed E-state index contributed by atoms with van der Waals surface area (Å²) in [6, 6.07) is 10.4. The van der Waals surface area contributed by atoms with E-state index in [1.165, 1.54) is 24.2 Å². The fraction of sp³-hybridized carbons (Fsp3) is 0.350. The lowest BCUT2D eigenvalue weighted by molar-refractivity contribution is 0.651. The van der Waals surface area contributed by atoms with Crippen molar-refractivity contribution in [3.05, 3.63) is 54.2 Å². The summed E-state index contributed by atoms with van der Waals surface area (Å²) >= 11 is 0. The smallest absolute Gasteiger partial charge is 0.163 e. The maximum atomic E-state index is 9.27. The van der Waals surface area contributed by atoms with Crippen LogP contribution in [0.15, 0.2) is 42.9 Å². The first-order chi connectivity index (χ1) is 12.8. The molecular formula is C20H20N6. The summed E-state index contributed by atoms with van der Waals surface area (Å²) in [5.74, 6) is 0.677. The number of rotatable bonds is 3. The largest absolute Gasteiger partial charge is 0.367 e. The van der Waals surface area contributed by atoms with Gasteiger partial charge in [-0.3, -0.25) is 0 Å². The minimum absolute atomic E-state index is 0.508. The van der Waals surface area contributed by atoms with Gasteiger partial charge in [-0.05, 0) is 37.1 Å². The quantitative estimate of drug-likeness (QED) is 0.731. The molecule has 3 aromatic rings. The molecule has 0 atom stereocenters. The Morgan fingerprint density at radius 2 is 1.81 bits per heavy atom. The molecule has 5 rings (SSSR count). The summed E-state index contributed by atoms with van der Waals surface area (Å²) in [6.07, 6.45) is 8.60. The van der Waals surface area contributed by atoms with Crippen molar-refractivity contribution in [3.8, 4) is 6.07 Å². The number of hydrogen-bond acceptors (Lipinski definition) is 5. The number of pyridine rings is 2.